The fourth-order valence-corrected chi connectivity index (χ4v) is 2.04. The number of aliphatic hydroxyl groups is 1. The third kappa shape index (κ3) is 4.89. The number of hydrogen-bond acceptors (Lipinski definition) is 4. The average molecular weight is 316 g/mol. The summed E-state index contributed by atoms with van der Waals surface area (Å²) in [5.41, 5.74) is 1.28. The van der Waals surface area contributed by atoms with Crippen LogP contribution >= 0.6 is 0 Å². The zero-order valence-electron chi connectivity index (χ0n) is 13.1. The molecule has 0 fully saturated rings. The van der Waals surface area contributed by atoms with Crippen molar-refractivity contribution in [3.05, 3.63) is 54.1 Å². The van der Waals surface area contributed by atoms with Crippen molar-refractivity contribution in [1.82, 2.24) is 5.32 Å². The van der Waals surface area contributed by atoms with Gasteiger partial charge < -0.3 is 25.2 Å². The van der Waals surface area contributed by atoms with Gasteiger partial charge in [-0.3, -0.25) is 0 Å². The van der Waals surface area contributed by atoms with E-state index in [2.05, 4.69) is 10.6 Å². The van der Waals surface area contributed by atoms with Crippen LogP contribution in [0.1, 0.15) is 11.7 Å². The Morgan fingerprint density at radius 1 is 1.09 bits per heavy atom. The minimum Gasteiger partial charge on any atom is -0.497 e. The quantitative estimate of drug-likeness (QED) is 0.765. The maximum absolute atomic E-state index is 11.9. The molecular weight excluding hydrogens is 296 g/mol. The number of urea groups is 1. The Hall–Kier alpha value is -2.73. The van der Waals surface area contributed by atoms with Crippen molar-refractivity contribution in [2.24, 2.45) is 0 Å². The van der Waals surface area contributed by atoms with Crippen LogP contribution in [0.5, 0.6) is 11.5 Å². The third-order valence-electron chi connectivity index (χ3n) is 3.25. The Morgan fingerprint density at radius 3 is 2.26 bits per heavy atom. The van der Waals surface area contributed by atoms with Crippen LogP contribution in [0.2, 0.25) is 0 Å². The number of carbonyl (C=O) groups is 1. The van der Waals surface area contributed by atoms with Crippen LogP contribution in [0.3, 0.4) is 0 Å². The highest BCUT2D eigenvalue weighted by Gasteiger charge is 2.10. The van der Waals surface area contributed by atoms with Crippen molar-refractivity contribution in [3.8, 4) is 11.5 Å². The fraction of sp³-hybridized carbons (Fsp3) is 0.235. The van der Waals surface area contributed by atoms with Crippen molar-refractivity contribution < 1.29 is 19.4 Å². The van der Waals surface area contributed by atoms with E-state index in [1.54, 1.807) is 30.3 Å². The summed E-state index contributed by atoms with van der Waals surface area (Å²) >= 11 is 0. The first kappa shape index (κ1) is 16.6. The molecule has 0 bridgehead atoms. The molecule has 0 aliphatic carbocycles. The number of amides is 2. The molecule has 0 saturated heterocycles. The summed E-state index contributed by atoms with van der Waals surface area (Å²) in [6, 6.07) is 13.8. The third-order valence-corrected chi connectivity index (χ3v) is 3.25. The minimum absolute atomic E-state index is 0.108. The van der Waals surface area contributed by atoms with E-state index in [0.29, 0.717) is 17.2 Å². The first-order valence-electron chi connectivity index (χ1n) is 7.13. The van der Waals surface area contributed by atoms with Gasteiger partial charge in [0.2, 0.25) is 0 Å². The Bertz CT molecular complexity index is 624. The molecule has 3 N–H and O–H groups in total. The van der Waals surface area contributed by atoms with Crippen LogP contribution in [-0.4, -0.2) is 31.9 Å². The predicted molar refractivity (Wildman–Crippen MR) is 88.0 cm³/mol. The fourth-order valence-electron chi connectivity index (χ4n) is 2.04. The molecule has 0 radical (unpaired) electrons. The van der Waals surface area contributed by atoms with Gasteiger partial charge in [0, 0.05) is 30.4 Å². The second-order valence-corrected chi connectivity index (χ2v) is 4.86. The van der Waals surface area contributed by atoms with Crippen molar-refractivity contribution >= 4 is 11.7 Å². The van der Waals surface area contributed by atoms with E-state index in [1.165, 1.54) is 14.2 Å². The highest BCUT2D eigenvalue weighted by Crippen LogP contribution is 2.25. The predicted octanol–water partition coefficient (Wildman–Crippen LogP) is 2.56. The van der Waals surface area contributed by atoms with E-state index in [-0.39, 0.29) is 6.54 Å². The van der Waals surface area contributed by atoms with Gasteiger partial charge in [0.15, 0.2) is 0 Å². The van der Waals surface area contributed by atoms with Gasteiger partial charge in [0.1, 0.15) is 11.5 Å². The minimum atomic E-state index is -0.762. The first-order valence-corrected chi connectivity index (χ1v) is 7.13. The summed E-state index contributed by atoms with van der Waals surface area (Å²) in [7, 11) is 3.07. The van der Waals surface area contributed by atoms with E-state index in [1.807, 2.05) is 18.2 Å². The number of carbonyl (C=O) groups excluding carboxylic acids is 1. The number of methoxy groups -OCH3 is 2. The summed E-state index contributed by atoms with van der Waals surface area (Å²) < 4.78 is 10.3. The number of ether oxygens (including phenoxy) is 2. The topological polar surface area (TPSA) is 79.8 Å². The van der Waals surface area contributed by atoms with Gasteiger partial charge >= 0.3 is 6.03 Å². The summed E-state index contributed by atoms with van der Waals surface area (Å²) in [5.74, 6) is 1.15. The van der Waals surface area contributed by atoms with E-state index < -0.39 is 12.1 Å². The van der Waals surface area contributed by atoms with E-state index in [0.717, 1.165) is 5.56 Å². The Morgan fingerprint density at radius 2 is 1.70 bits per heavy atom. The lowest BCUT2D eigenvalue weighted by atomic mass is 10.1. The normalized spacial score (nSPS) is 11.4. The lowest BCUT2D eigenvalue weighted by Gasteiger charge is -2.14. The van der Waals surface area contributed by atoms with Crippen molar-refractivity contribution in [3.63, 3.8) is 0 Å². The first-order chi connectivity index (χ1) is 11.1. The Kier molecular flexibility index (Phi) is 5.82. The van der Waals surface area contributed by atoms with E-state index in [9.17, 15) is 9.90 Å². The highest BCUT2D eigenvalue weighted by molar-refractivity contribution is 5.89. The van der Waals surface area contributed by atoms with Crippen LogP contribution in [0, 0.1) is 0 Å². The molecule has 0 aliphatic heterocycles. The van der Waals surface area contributed by atoms with Gasteiger partial charge in [-0.05, 0) is 5.56 Å². The van der Waals surface area contributed by atoms with Crippen molar-refractivity contribution in [1.29, 1.82) is 0 Å². The van der Waals surface area contributed by atoms with E-state index >= 15 is 0 Å². The molecule has 0 unspecified atom stereocenters. The summed E-state index contributed by atoms with van der Waals surface area (Å²) in [4.78, 5) is 11.9. The lowest BCUT2D eigenvalue weighted by Crippen LogP contribution is -2.32. The summed E-state index contributed by atoms with van der Waals surface area (Å²) in [6.45, 7) is 0.108. The highest BCUT2D eigenvalue weighted by atomic mass is 16.5. The van der Waals surface area contributed by atoms with Gasteiger partial charge in [-0.25, -0.2) is 4.79 Å². The molecule has 0 aliphatic rings. The largest absolute Gasteiger partial charge is 0.497 e. The van der Waals surface area contributed by atoms with Crippen LogP contribution < -0.4 is 20.1 Å². The molecule has 0 saturated carbocycles. The second-order valence-electron chi connectivity index (χ2n) is 4.86. The molecule has 6 heteroatoms. The second kappa shape index (κ2) is 8.05. The molecule has 6 nitrogen and oxygen atoms in total. The molecule has 23 heavy (non-hydrogen) atoms. The molecule has 0 aromatic heterocycles. The van der Waals surface area contributed by atoms with Crippen molar-refractivity contribution in [2.75, 3.05) is 26.1 Å². The van der Waals surface area contributed by atoms with Crippen LogP contribution in [0.4, 0.5) is 10.5 Å². The average Bonchev–Trinajstić information content (AvgIpc) is 2.60. The Labute approximate surface area is 135 Å². The number of rotatable bonds is 6. The Balaban J connectivity index is 1.92. The molecule has 0 spiro atoms. The molecule has 122 valence electrons. The van der Waals surface area contributed by atoms with Crippen LogP contribution in [0.15, 0.2) is 48.5 Å². The molecule has 2 amide bonds. The van der Waals surface area contributed by atoms with Crippen LogP contribution in [0.25, 0.3) is 0 Å². The van der Waals surface area contributed by atoms with Crippen LogP contribution in [-0.2, 0) is 0 Å². The monoisotopic (exact) mass is 316 g/mol. The summed E-state index contributed by atoms with van der Waals surface area (Å²) in [6.07, 6.45) is -0.762. The summed E-state index contributed by atoms with van der Waals surface area (Å²) in [5, 5.41) is 15.3. The lowest BCUT2D eigenvalue weighted by molar-refractivity contribution is 0.175. The standard InChI is InChI=1S/C17H20N2O4/c1-22-14-8-13(9-15(10-14)23-2)19-17(21)18-11-16(20)12-6-4-3-5-7-12/h3-10,16,20H,11H2,1-2H3,(H2,18,19,21)/t16-/m0/s1. The number of benzene rings is 2. The smallest absolute Gasteiger partial charge is 0.319 e. The zero-order valence-corrected chi connectivity index (χ0v) is 13.1. The number of aliphatic hydroxyl groups excluding tert-OH is 1. The number of anilines is 1. The van der Waals surface area contributed by atoms with Gasteiger partial charge in [-0.1, -0.05) is 30.3 Å². The zero-order chi connectivity index (χ0) is 16.7. The maximum Gasteiger partial charge on any atom is 0.319 e. The number of nitrogens with one attached hydrogen (secondary N) is 2. The number of hydrogen-bond donors (Lipinski definition) is 3. The molecular formula is C17H20N2O4. The van der Waals surface area contributed by atoms with E-state index in [4.69, 9.17) is 9.47 Å². The molecule has 2 rings (SSSR count). The van der Waals surface area contributed by atoms with Gasteiger partial charge in [0.05, 0.1) is 20.3 Å². The molecule has 2 aromatic rings. The molecule has 0 heterocycles. The molecule has 2 aromatic carbocycles. The molecule has 1 atom stereocenters. The van der Waals surface area contributed by atoms with Gasteiger partial charge in [-0.15, -0.1) is 0 Å². The maximum atomic E-state index is 11.9. The van der Waals surface area contributed by atoms with Gasteiger partial charge in [-0.2, -0.15) is 0 Å². The van der Waals surface area contributed by atoms with Crippen molar-refractivity contribution in [2.45, 2.75) is 6.10 Å². The SMILES string of the molecule is COc1cc(NC(=O)NC[C@H](O)c2ccccc2)cc(OC)c1. The van der Waals surface area contributed by atoms with Gasteiger partial charge in [0.25, 0.3) is 0 Å².